The first-order valence-corrected chi connectivity index (χ1v) is 9.28. The molecule has 0 saturated carbocycles. The summed E-state index contributed by atoms with van der Waals surface area (Å²) in [6.07, 6.45) is 0. The molecule has 156 valence electrons. The molecule has 0 atom stereocenters. The smallest absolute Gasteiger partial charge is 0.338 e. The lowest BCUT2D eigenvalue weighted by molar-refractivity contribution is -0.385. The Morgan fingerprint density at radius 1 is 1.20 bits per heavy atom. The zero-order valence-electron chi connectivity index (χ0n) is 17.1. The maximum Gasteiger partial charge on any atom is 0.338 e. The molecule has 3 aromatic rings. The summed E-state index contributed by atoms with van der Waals surface area (Å²) in [7, 11) is 1.31. The number of hydrogen-bond donors (Lipinski definition) is 0. The topological polar surface area (TPSA) is 109 Å². The standard InChI is InChI=1S/C22H21NO7/c1-12(2)16-10-17-15(9-21(24)30-20(17)7-13(16)3)11-29-22(25)14-5-6-19(28-4)18(8-14)23(26)27/h5-10,12H,11H2,1-4H3. The second-order valence-corrected chi connectivity index (χ2v) is 7.17. The number of nitro groups is 1. The average Bonchev–Trinajstić information content (AvgIpc) is 2.70. The van der Waals surface area contributed by atoms with Crippen molar-refractivity contribution in [2.75, 3.05) is 7.11 Å². The van der Waals surface area contributed by atoms with Gasteiger partial charge in [0, 0.05) is 23.1 Å². The summed E-state index contributed by atoms with van der Waals surface area (Å²) in [5.41, 5.74) is 2.12. The molecule has 0 unspecified atom stereocenters. The molecule has 8 heteroatoms. The molecule has 0 aliphatic heterocycles. The highest BCUT2D eigenvalue weighted by Crippen LogP contribution is 2.29. The van der Waals surface area contributed by atoms with E-state index >= 15 is 0 Å². The molecule has 0 amide bonds. The number of aryl methyl sites for hydroxylation is 1. The molecule has 0 radical (unpaired) electrons. The third kappa shape index (κ3) is 4.17. The summed E-state index contributed by atoms with van der Waals surface area (Å²) in [5, 5.41) is 11.8. The molecular formula is C22H21NO7. The van der Waals surface area contributed by atoms with Gasteiger partial charge in [-0.25, -0.2) is 9.59 Å². The summed E-state index contributed by atoms with van der Waals surface area (Å²) >= 11 is 0. The van der Waals surface area contributed by atoms with Gasteiger partial charge in [0.25, 0.3) is 0 Å². The molecule has 3 rings (SSSR count). The largest absolute Gasteiger partial charge is 0.490 e. The summed E-state index contributed by atoms with van der Waals surface area (Å²) in [4.78, 5) is 34.9. The van der Waals surface area contributed by atoms with E-state index in [1.165, 1.54) is 25.3 Å². The van der Waals surface area contributed by atoms with Gasteiger partial charge in [0.1, 0.15) is 12.2 Å². The highest BCUT2D eigenvalue weighted by Gasteiger charge is 2.19. The van der Waals surface area contributed by atoms with Gasteiger partial charge < -0.3 is 13.9 Å². The molecular weight excluding hydrogens is 390 g/mol. The first kappa shape index (κ1) is 21.0. The Bertz CT molecular complexity index is 1190. The molecule has 1 aromatic heterocycles. The normalized spacial score (nSPS) is 11.0. The minimum absolute atomic E-state index is 0.00786. The van der Waals surface area contributed by atoms with E-state index in [4.69, 9.17) is 13.9 Å². The van der Waals surface area contributed by atoms with Crippen LogP contribution in [0, 0.1) is 17.0 Å². The number of nitro benzene ring substituents is 1. The molecule has 0 saturated heterocycles. The molecule has 2 aromatic carbocycles. The van der Waals surface area contributed by atoms with Gasteiger partial charge in [0.2, 0.25) is 0 Å². The number of rotatable bonds is 6. The number of fused-ring (bicyclic) bond motifs is 1. The average molecular weight is 411 g/mol. The van der Waals surface area contributed by atoms with E-state index in [-0.39, 0.29) is 29.5 Å². The molecule has 0 spiro atoms. The minimum Gasteiger partial charge on any atom is -0.490 e. The van der Waals surface area contributed by atoms with Crippen molar-refractivity contribution in [3.63, 3.8) is 0 Å². The van der Waals surface area contributed by atoms with Crippen molar-refractivity contribution < 1.29 is 23.6 Å². The van der Waals surface area contributed by atoms with Crippen LogP contribution in [0.3, 0.4) is 0 Å². The van der Waals surface area contributed by atoms with Gasteiger partial charge in [0.15, 0.2) is 5.75 Å². The van der Waals surface area contributed by atoms with Gasteiger partial charge in [-0.3, -0.25) is 10.1 Å². The molecule has 0 aliphatic rings. The van der Waals surface area contributed by atoms with Crippen molar-refractivity contribution in [3.8, 4) is 5.75 Å². The molecule has 0 bridgehead atoms. The lowest BCUT2D eigenvalue weighted by atomic mass is 9.95. The molecule has 30 heavy (non-hydrogen) atoms. The molecule has 0 aliphatic carbocycles. The number of benzene rings is 2. The fraction of sp³-hybridized carbons (Fsp3) is 0.273. The number of methoxy groups -OCH3 is 1. The summed E-state index contributed by atoms with van der Waals surface area (Å²) in [6, 6.07) is 8.82. The van der Waals surface area contributed by atoms with Gasteiger partial charge >= 0.3 is 17.3 Å². The Morgan fingerprint density at radius 2 is 1.93 bits per heavy atom. The molecule has 8 nitrogen and oxygen atoms in total. The van der Waals surface area contributed by atoms with Crippen LogP contribution in [0.2, 0.25) is 0 Å². The van der Waals surface area contributed by atoms with Gasteiger partial charge in [-0.2, -0.15) is 0 Å². The number of nitrogens with zero attached hydrogens (tertiary/aromatic N) is 1. The van der Waals surface area contributed by atoms with Crippen LogP contribution in [0.4, 0.5) is 5.69 Å². The SMILES string of the molecule is COc1ccc(C(=O)OCc2cc(=O)oc3cc(C)c(C(C)C)cc23)cc1[N+](=O)[O-]. The van der Waals surface area contributed by atoms with E-state index < -0.39 is 16.5 Å². The molecule has 1 heterocycles. The van der Waals surface area contributed by atoms with Crippen molar-refractivity contribution >= 4 is 22.6 Å². The Kier molecular flexibility index (Phi) is 5.86. The zero-order valence-corrected chi connectivity index (χ0v) is 17.1. The van der Waals surface area contributed by atoms with Crippen molar-refractivity contribution in [2.24, 2.45) is 0 Å². The van der Waals surface area contributed by atoms with E-state index in [0.717, 1.165) is 17.2 Å². The third-order valence-electron chi connectivity index (χ3n) is 4.81. The van der Waals surface area contributed by atoms with Crippen LogP contribution in [0.5, 0.6) is 5.75 Å². The Labute approximate surface area is 172 Å². The first-order valence-electron chi connectivity index (χ1n) is 9.28. The van der Waals surface area contributed by atoms with E-state index in [1.54, 1.807) is 6.07 Å². The Morgan fingerprint density at radius 3 is 2.57 bits per heavy atom. The number of ether oxygens (including phenoxy) is 2. The van der Waals surface area contributed by atoms with E-state index in [9.17, 15) is 19.7 Å². The number of carbonyl (C=O) groups excluding carboxylic acids is 1. The fourth-order valence-electron chi connectivity index (χ4n) is 3.32. The predicted molar refractivity (Wildman–Crippen MR) is 110 cm³/mol. The van der Waals surface area contributed by atoms with Crippen LogP contribution in [0.1, 0.15) is 46.8 Å². The van der Waals surface area contributed by atoms with Crippen LogP contribution in [0.15, 0.2) is 45.6 Å². The monoisotopic (exact) mass is 411 g/mol. The summed E-state index contributed by atoms with van der Waals surface area (Å²) in [6.45, 7) is 5.88. The fourth-order valence-corrected chi connectivity index (χ4v) is 3.32. The first-order chi connectivity index (χ1) is 14.2. The van der Waals surface area contributed by atoms with Crippen LogP contribution in [0.25, 0.3) is 11.0 Å². The lowest BCUT2D eigenvalue weighted by Gasteiger charge is -2.13. The zero-order chi connectivity index (χ0) is 22.0. The molecule has 0 N–H and O–H groups in total. The van der Waals surface area contributed by atoms with Crippen LogP contribution in [-0.2, 0) is 11.3 Å². The second-order valence-electron chi connectivity index (χ2n) is 7.17. The highest BCUT2D eigenvalue weighted by atomic mass is 16.6. The highest BCUT2D eigenvalue weighted by molar-refractivity contribution is 5.91. The van der Waals surface area contributed by atoms with E-state index in [2.05, 4.69) is 13.8 Å². The van der Waals surface area contributed by atoms with Crippen molar-refractivity contribution in [2.45, 2.75) is 33.3 Å². The molecule has 0 fully saturated rings. The number of carbonyl (C=O) groups is 1. The van der Waals surface area contributed by atoms with Crippen molar-refractivity contribution in [1.29, 1.82) is 0 Å². The van der Waals surface area contributed by atoms with Crippen LogP contribution in [-0.4, -0.2) is 18.0 Å². The van der Waals surface area contributed by atoms with E-state index in [1.807, 2.05) is 13.0 Å². The Hall–Kier alpha value is -3.68. The lowest BCUT2D eigenvalue weighted by Crippen LogP contribution is -2.09. The van der Waals surface area contributed by atoms with Gasteiger partial charge in [-0.1, -0.05) is 13.8 Å². The maximum atomic E-state index is 12.5. The van der Waals surface area contributed by atoms with E-state index in [0.29, 0.717) is 16.5 Å². The summed E-state index contributed by atoms with van der Waals surface area (Å²) < 4.78 is 15.6. The Balaban J connectivity index is 1.92. The van der Waals surface area contributed by atoms with Gasteiger partial charge in [-0.05, 0) is 48.2 Å². The van der Waals surface area contributed by atoms with Crippen molar-refractivity contribution in [3.05, 3.63) is 79.2 Å². The van der Waals surface area contributed by atoms with Gasteiger partial charge in [-0.15, -0.1) is 0 Å². The van der Waals surface area contributed by atoms with Gasteiger partial charge in [0.05, 0.1) is 17.6 Å². The quantitative estimate of drug-likeness (QED) is 0.254. The number of hydrogen-bond acceptors (Lipinski definition) is 7. The predicted octanol–water partition coefficient (Wildman–Crippen LogP) is 4.50. The van der Waals surface area contributed by atoms with Crippen molar-refractivity contribution in [1.82, 2.24) is 0 Å². The third-order valence-corrected chi connectivity index (χ3v) is 4.81. The van der Waals surface area contributed by atoms with Crippen LogP contribution >= 0.6 is 0 Å². The second kappa shape index (κ2) is 8.36. The van der Waals surface area contributed by atoms with Crippen LogP contribution < -0.4 is 10.4 Å². The maximum absolute atomic E-state index is 12.5. The number of esters is 1. The minimum atomic E-state index is -0.752. The summed E-state index contributed by atoms with van der Waals surface area (Å²) in [5.74, 6) is -0.449.